The summed E-state index contributed by atoms with van der Waals surface area (Å²) in [5, 5.41) is 1.65. The molecule has 0 saturated carbocycles. The van der Waals surface area contributed by atoms with Crippen molar-refractivity contribution in [2.75, 3.05) is 33.9 Å². The molecule has 16 heavy (non-hydrogen) atoms. The average Bonchev–Trinajstić information content (AvgIpc) is 2.28. The maximum Gasteiger partial charge on any atom is 0.409 e. The Bertz CT molecular complexity index is 235. The molecule has 0 aliphatic carbocycles. The highest BCUT2D eigenvalue weighted by molar-refractivity contribution is 5.67. The molecule has 6 heteroatoms. The van der Waals surface area contributed by atoms with E-state index in [4.69, 9.17) is 15.3 Å². The first-order valence-electron chi connectivity index (χ1n) is 5.52. The van der Waals surface area contributed by atoms with Gasteiger partial charge in [0.05, 0.1) is 25.3 Å². The standard InChI is InChI=1S/C10H21N3O3/c1-4-16-10(14)13-6-5-8(12(2)11)9(7-13)15-3/h8-9H,4-7,11H2,1-3H3. The number of hydrazine groups is 1. The fourth-order valence-corrected chi connectivity index (χ4v) is 1.98. The van der Waals surface area contributed by atoms with Crippen LogP contribution in [-0.2, 0) is 9.47 Å². The van der Waals surface area contributed by atoms with Crippen molar-refractivity contribution in [1.82, 2.24) is 9.91 Å². The number of nitrogens with zero attached hydrogens (tertiary/aromatic N) is 2. The number of carbonyl (C=O) groups is 1. The van der Waals surface area contributed by atoms with Crippen LogP contribution in [0.3, 0.4) is 0 Å². The minimum Gasteiger partial charge on any atom is -0.450 e. The Balaban J connectivity index is 2.55. The van der Waals surface area contributed by atoms with Crippen molar-refractivity contribution in [2.45, 2.75) is 25.5 Å². The van der Waals surface area contributed by atoms with Crippen LogP contribution < -0.4 is 5.84 Å². The van der Waals surface area contributed by atoms with Crippen LogP contribution in [0.1, 0.15) is 13.3 Å². The Hall–Kier alpha value is -0.850. The van der Waals surface area contributed by atoms with Crippen molar-refractivity contribution < 1.29 is 14.3 Å². The fourth-order valence-electron chi connectivity index (χ4n) is 1.98. The van der Waals surface area contributed by atoms with Gasteiger partial charge in [-0.05, 0) is 13.3 Å². The second-order valence-electron chi connectivity index (χ2n) is 3.94. The molecule has 1 heterocycles. The maximum atomic E-state index is 11.5. The first-order valence-corrected chi connectivity index (χ1v) is 5.52. The van der Waals surface area contributed by atoms with Crippen LogP contribution in [0, 0.1) is 0 Å². The first kappa shape index (κ1) is 13.2. The third-order valence-corrected chi connectivity index (χ3v) is 2.88. The zero-order valence-electron chi connectivity index (χ0n) is 10.2. The van der Waals surface area contributed by atoms with Gasteiger partial charge in [-0.1, -0.05) is 0 Å². The van der Waals surface area contributed by atoms with E-state index < -0.39 is 0 Å². The van der Waals surface area contributed by atoms with Crippen molar-refractivity contribution in [3.8, 4) is 0 Å². The zero-order valence-corrected chi connectivity index (χ0v) is 10.2. The summed E-state index contributed by atoms with van der Waals surface area (Å²) in [5.74, 6) is 5.73. The van der Waals surface area contributed by atoms with Crippen LogP contribution in [0.2, 0.25) is 0 Å². The van der Waals surface area contributed by atoms with Crippen LogP contribution in [0.5, 0.6) is 0 Å². The molecule has 0 radical (unpaired) electrons. The topological polar surface area (TPSA) is 68.0 Å². The first-order chi connectivity index (χ1) is 7.60. The molecule has 6 nitrogen and oxygen atoms in total. The lowest BCUT2D eigenvalue weighted by Gasteiger charge is -2.39. The average molecular weight is 231 g/mol. The molecule has 0 aromatic carbocycles. The summed E-state index contributed by atoms with van der Waals surface area (Å²) in [7, 11) is 3.45. The molecule has 0 bridgehead atoms. The molecule has 2 unspecified atom stereocenters. The molecular weight excluding hydrogens is 210 g/mol. The van der Waals surface area contributed by atoms with Crippen LogP contribution in [0.25, 0.3) is 0 Å². The predicted molar refractivity (Wildman–Crippen MR) is 59.7 cm³/mol. The normalized spacial score (nSPS) is 25.9. The Labute approximate surface area is 96.2 Å². The van der Waals surface area contributed by atoms with Gasteiger partial charge in [0.25, 0.3) is 0 Å². The lowest BCUT2D eigenvalue weighted by molar-refractivity contribution is -0.0295. The number of piperidine rings is 1. The quantitative estimate of drug-likeness (QED) is 0.548. The van der Waals surface area contributed by atoms with Gasteiger partial charge in [-0.25, -0.2) is 9.80 Å². The van der Waals surface area contributed by atoms with E-state index in [1.165, 1.54) is 0 Å². The minimum atomic E-state index is -0.275. The maximum absolute atomic E-state index is 11.5. The molecule has 94 valence electrons. The number of rotatable bonds is 3. The third-order valence-electron chi connectivity index (χ3n) is 2.88. The van der Waals surface area contributed by atoms with Gasteiger partial charge in [0.1, 0.15) is 0 Å². The molecule has 1 aliphatic rings. The molecule has 1 amide bonds. The molecule has 2 atom stereocenters. The largest absolute Gasteiger partial charge is 0.450 e. The van der Waals surface area contributed by atoms with Crippen molar-refractivity contribution in [3.63, 3.8) is 0 Å². The third kappa shape index (κ3) is 3.07. The molecule has 0 aromatic heterocycles. The number of methoxy groups -OCH3 is 1. The van der Waals surface area contributed by atoms with Gasteiger partial charge < -0.3 is 14.4 Å². The van der Waals surface area contributed by atoms with Crippen molar-refractivity contribution in [2.24, 2.45) is 5.84 Å². The van der Waals surface area contributed by atoms with E-state index in [1.807, 2.05) is 7.05 Å². The van der Waals surface area contributed by atoms with E-state index in [0.29, 0.717) is 19.7 Å². The van der Waals surface area contributed by atoms with Gasteiger partial charge in [-0.3, -0.25) is 5.84 Å². The number of hydrogen-bond acceptors (Lipinski definition) is 5. The van der Waals surface area contributed by atoms with Crippen LogP contribution in [0.4, 0.5) is 4.79 Å². The molecule has 0 spiro atoms. The summed E-state index contributed by atoms with van der Waals surface area (Å²) in [5.41, 5.74) is 0. The predicted octanol–water partition coefficient (Wildman–Crippen LogP) is 0.0377. The van der Waals surface area contributed by atoms with E-state index in [0.717, 1.165) is 6.42 Å². The number of amides is 1. The summed E-state index contributed by atoms with van der Waals surface area (Å²) < 4.78 is 10.3. The Morgan fingerprint density at radius 1 is 1.62 bits per heavy atom. The van der Waals surface area contributed by atoms with E-state index in [1.54, 1.807) is 23.9 Å². The van der Waals surface area contributed by atoms with E-state index in [2.05, 4.69) is 0 Å². The van der Waals surface area contributed by atoms with Crippen molar-refractivity contribution >= 4 is 6.09 Å². The molecule has 1 aliphatic heterocycles. The monoisotopic (exact) mass is 231 g/mol. The van der Waals surface area contributed by atoms with Gasteiger partial charge in [-0.2, -0.15) is 0 Å². The minimum absolute atomic E-state index is 0.0619. The van der Waals surface area contributed by atoms with Crippen LogP contribution in [0.15, 0.2) is 0 Å². The summed E-state index contributed by atoms with van der Waals surface area (Å²) in [6.45, 7) is 3.38. The molecule has 2 N–H and O–H groups in total. The van der Waals surface area contributed by atoms with E-state index in [-0.39, 0.29) is 18.2 Å². The molecule has 0 aromatic rings. The lowest BCUT2D eigenvalue weighted by atomic mass is 10.0. The fraction of sp³-hybridized carbons (Fsp3) is 0.900. The summed E-state index contributed by atoms with van der Waals surface area (Å²) in [6, 6.07) is 0.149. The Morgan fingerprint density at radius 2 is 2.31 bits per heavy atom. The summed E-state index contributed by atoms with van der Waals surface area (Å²) >= 11 is 0. The van der Waals surface area contributed by atoms with Gasteiger partial charge in [0.2, 0.25) is 0 Å². The number of hydrogen-bond donors (Lipinski definition) is 1. The van der Waals surface area contributed by atoms with Crippen molar-refractivity contribution in [3.05, 3.63) is 0 Å². The molecular formula is C10H21N3O3. The number of likely N-dealkylation sites (N-methyl/N-ethyl adjacent to an activating group) is 1. The molecule has 1 saturated heterocycles. The highest BCUT2D eigenvalue weighted by atomic mass is 16.6. The smallest absolute Gasteiger partial charge is 0.409 e. The van der Waals surface area contributed by atoms with Gasteiger partial charge in [0.15, 0.2) is 0 Å². The van der Waals surface area contributed by atoms with Crippen LogP contribution >= 0.6 is 0 Å². The van der Waals surface area contributed by atoms with Gasteiger partial charge in [-0.15, -0.1) is 0 Å². The lowest BCUT2D eigenvalue weighted by Crippen LogP contribution is -2.56. The van der Waals surface area contributed by atoms with Gasteiger partial charge >= 0.3 is 6.09 Å². The number of carbonyl (C=O) groups excluding carboxylic acids is 1. The number of nitrogens with two attached hydrogens (primary N) is 1. The Morgan fingerprint density at radius 3 is 2.81 bits per heavy atom. The zero-order chi connectivity index (χ0) is 12.1. The second-order valence-corrected chi connectivity index (χ2v) is 3.94. The van der Waals surface area contributed by atoms with Crippen LogP contribution in [-0.4, -0.2) is 62.0 Å². The van der Waals surface area contributed by atoms with E-state index >= 15 is 0 Å². The van der Waals surface area contributed by atoms with E-state index in [9.17, 15) is 4.79 Å². The number of likely N-dealkylation sites (tertiary alicyclic amines) is 1. The summed E-state index contributed by atoms with van der Waals surface area (Å²) in [4.78, 5) is 13.2. The summed E-state index contributed by atoms with van der Waals surface area (Å²) in [6.07, 6.45) is 0.459. The SMILES string of the molecule is CCOC(=O)N1CCC(N(C)N)C(OC)C1. The Kier molecular flexibility index (Phi) is 4.98. The highest BCUT2D eigenvalue weighted by Gasteiger charge is 2.33. The van der Waals surface area contributed by atoms with Crippen molar-refractivity contribution in [1.29, 1.82) is 0 Å². The van der Waals surface area contributed by atoms with Gasteiger partial charge in [0, 0.05) is 20.7 Å². The highest BCUT2D eigenvalue weighted by Crippen LogP contribution is 2.17. The molecule has 1 rings (SSSR count). The number of ether oxygens (including phenoxy) is 2. The second kappa shape index (κ2) is 6.03. The molecule has 1 fully saturated rings.